The van der Waals surface area contributed by atoms with E-state index in [1.807, 2.05) is 6.20 Å². The van der Waals surface area contributed by atoms with E-state index in [1.165, 1.54) is 48.3 Å². The van der Waals surface area contributed by atoms with Crippen molar-refractivity contribution in [2.24, 2.45) is 0 Å². The van der Waals surface area contributed by atoms with Crippen LogP contribution in [0.1, 0.15) is 75.6 Å². The predicted octanol–water partition coefficient (Wildman–Crippen LogP) is 5.02. The van der Waals surface area contributed by atoms with Crippen LogP contribution in [0, 0.1) is 0 Å². The van der Waals surface area contributed by atoms with Gasteiger partial charge in [0.2, 0.25) is 5.95 Å². The fourth-order valence-corrected chi connectivity index (χ4v) is 5.77. The first kappa shape index (κ1) is 24.2. The van der Waals surface area contributed by atoms with Crippen molar-refractivity contribution in [3.05, 3.63) is 47.8 Å². The molecule has 2 atom stereocenters. The number of ether oxygens (including phenoxy) is 1. The SMILES string of the molecule is COC[C@H](C)Nc1ncc2c(-c3ccc([C@@H](C)N4CCCC4)cc3)cc(C3CCC(O)CC3)n2n1. The molecule has 2 N–H and O–H groups in total. The van der Waals surface area contributed by atoms with Crippen molar-refractivity contribution in [1.82, 2.24) is 19.5 Å². The van der Waals surface area contributed by atoms with E-state index in [2.05, 4.69) is 63.9 Å². The molecule has 0 unspecified atom stereocenters. The predicted molar refractivity (Wildman–Crippen MR) is 140 cm³/mol. The molecule has 0 bridgehead atoms. The summed E-state index contributed by atoms with van der Waals surface area (Å²) in [5, 5.41) is 18.3. The highest BCUT2D eigenvalue weighted by molar-refractivity contribution is 5.81. The molecule has 3 aromatic rings. The van der Waals surface area contributed by atoms with E-state index in [-0.39, 0.29) is 12.1 Å². The van der Waals surface area contributed by atoms with Crippen LogP contribution < -0.4 is 5.32 Å². The van der Waals surface area contributed by atoms with Crippen molar-refractivity contribution in [3.8, 4) is 11.1 Å². The molecule has 3 heterocycles. The third-order valence-electron chi connectivity index (χ3n) is 7.84. The highest BCUT2D eigenvalue weighted by Crippen LogP contribution is 2.38. The number of rotatable bonds is 8. The fourth-order valence-electron chi connectivity index (χ4n) is 5.77. The van der Waals surface area contributed by atoms with Crippen LogP contribution in [-0.2, 0) is 4.74 Å². The van der Waals surface area contributed by atoms with Crippen molar-refractivity contribution in [1.29, 1.82) is 0 Å². The van der Waals surface area contributed by atoms with E-state index in [9.17, 15) is 5.11 Å². The monoisotopic (exact) mass is 477 g/mol. The van der Waals surface area contributed by atoms with E-state index in [1.54, 1.807) is 7.11 Å². The zero-order valence-corrected chi connectivity index (χ0v) is 21.3. The summed E-state index contributed by atoms with van der Waals surface area (Å²) in [4.78, 5) is 7.21. The van der Waals surface area contributed by atoms with E-state index in [0.29, 0.717) is 24.5 Å². The van der Waals surface area contributed by atoms with Crippen molar-refractivity contribution in [2.75, 3.05) is 32.1 Å². The van der Waals surface area contributed by atoms with Gasteiger partial charge in [-0.3, -0.25) is 4.90 Å². The molecule has 1 aromatic carbocycles. The first-order valence-corrected chi connectivity index (χ1v) is 13.2. The van der Waals surface area contributed by atoms with Crippen LogP contribution in [0.4, 0.5) is 5.95 Å². The lowest BCUT2D eigenvalue weighted by molar-refractivity contribution is 0.121. The average molecular weight is 478 g/mol. The average Bonchev–Trinajstić information content (AvgIpc) is 3.53. The molecule has 7 nitrogen and oxygen atoms in total. The van der Waals surface area contributed by atoms with Crippen LogP contribution in [0.15, 0.2) is 36.5 Å². The Morgan fingerprint density at radius 1 is 1.09 bits per heavy atom. The highest BCUT2D eigenvalue weighted by atomic mass is 16.5. The van der Waals surface area contributed by atoms with Gasteiger partial charge in [0.05, 0.1) is 24.4 Å². The molecule has 0 amide bonds. The lowest BCUT2D eigenvalue weighted by Gasteiger charge is -2.25. The second kappa shape index (κ2) is 10.6. The Bertz CT molecular complexity index is 1110. The Kier molecular flexibility index (Phi) is 7.37. The number of aromatic nitrogens is 3. The Morgan fingerprint density at radius 3 is 2.49 bits per heavy atom. The van der Waals surface area contributed by atoms with Crippen molar-refractivity contribution < 1.29 is 9.84 Å². The molecule has 2 aromatic heterocycles. The minimum absolute atomic E-state index is 0.117. The molecule has 1 aliphatic heterocycles. The van der Waals surface area contributed by atoms with Crippen LogP contribution >= 0.6 is 0 Å². The largest absolute Gasteiger partial charge is 0.393 e. The molecule has 0 spiro atoms. The standard InChI is InChI=1S/C28H39N5O2/c1-19(18-35-3)30-28-29-17-27-25(16-26(33(27)31-28)23-10-12-24(34)13-11-23)22-8-6-21(7-9-22)20(2)32-14-4-5-15-32/h6-9,16-17,19-20,23-24,34H,4-5,10-15,18H2,1-3H3,(H,30,31)/t19-,20+,23?,24?/m0/s1. The van der Waals surface area contributed by atoms with Gasteiger partial charge in [0, 0.05) is 36.4 Å². The molecular weight excluding hydrogens is 438 g/mol. The number of nitrogens with zero attached hydrogens (tertiary/aromatic N) is 4. The lowest BCUT2D eigenvalue weighted by atomic mass is 9.85. The molecule has 35 heavy (non-hydrogen) atoms. The summed E-state index contributed by atoms with van der Waals surface area (Å²) >= 11 is 0. The van der Waals surface area contributed by atoms with Gasteiger partial charge in [-0.15, -0.1) is 5.10 Å². The van der Waals surface area contributed by atoms with Gasteiger partial charge in [-0.1, -0.05) is 24.3 Å². The topological polar surface area (TPSA) is 74.9 Å². The van der Waals surface area contributed by atoms with Gasteiger partial charge in [0.1, 0.15) is 0 Å². The number of benzene rings is 1. The smallest absolute Gasteiger partial charge is 0.241 e. The number of fused-ring (bicyclic) bond motifs is 1. The Balaban J connectivity index is 1.48. The fraction of sp³-hybridized carbons (Fsp3) is 0.571. The van der Waals surface area contributed by atoms with Crippen molar-refractivity contribution >= 4 is 11.5 Å². The normalized spacial score (nSPS) is 23.0. The van der Waals surface area contributed by atoms with Gasteiger partial charge in [-0.2, -0.15) is 0 Å². The van der Waals surface area contributed by atoms with E-state index in [4.69, 9.17) is 9.84 Å². The van der Waals surface area contributed by atoms with E-state index < -0.39 is 0 Å². The summed E-state index contributed by atoms with van der Waals surface area (Å²) in [6.45, 7) is 7.36. The second-order valence-electron chi connectivity index (χ2n) is 10.4. The lowest BCUT2D eigenvalue weighted by Crippen LogP contribution is -2.23. The van der Waals surface area contributed by atoms with Crippen LogP contribution in [0.2, 0.25) is 0 Å². The Morgan fingerprint density at radius 2 is 1.80 bits per heavy atom. The van der Waals surface area contributed by atoms with Gasteiger partial charge in [0.15, 0.2) is 0 Å². The first-order valence-electron chi connectivity index (χ1n) is 13.2. The number of likely N-dealkylation sites (tertiary alicyclic amines) is 1. The summed E-state index contributed by atoms with van der Waals surface area (Å²) in [5.41, 5.74) is 5.97. The number of aliphatic hydroxyl groups is 1. The first-order chi connectivity index (χ1) is 17.0. The zero-order chi connectivity index (χ0) is 24.4. The van der Waals surface area contributed by atoms with E-state index >= 15 is 0 Å². The van der Waals surface area contributed by atoms with Gasteiger partial charge in [-0.25, -0.2) is 9.50 Å². The quantitative estimate of drug-likeness (QED) is 0.475. The number of aliphatic hydroxyl groups excluding tert-OH is 1. The van der Waals surface area contributed by atoms with Gasteiger partial charge in [-0.05, 0) is 82.7 Å². The number of anilines is 1. The van der Waals surface area contributed by atoms with Crippen LogP contribution in [-0.4, -0.2) is 63.6 Å². The Labute approximate surface area is 208 Å². The molecule has 7 heteroatoms. The van der Waals surface area contributed by atoms with Crippen LogP contribution in [0.3, 0.4) is 0 Å². The summed E-state index contributed by atoms with van der Waals surface area (Å²) in [5.74, 6) is 0.990. The minimum atomic E-state index is -0.177. The maximum absolute atomic E-state index is 10.1. The molecular formula is C28H39N5O2. The molecule has 0 radical (unpaired) electrons. The van der Waals surface area contributed by atoms with E-state index in [0.717, 1.165) is 31.2 Å². The van der Waals surface area contributed by atoms with Crippen molar-refractivity contribution in [3.63, 3.8) is 0 Å². The highest BCUT2D eigenvalue weighted by Gasteiger charge is 2.26. The third kappa shape index (κ3) is 5.22. The van der Waals surface area contributed by atoms with Crippen molar-refractivity contribution in [2.45, 2.75) is 76.5 Å². The molecule has 1 saturated heterocycles. The number of nitrogens with one attached hydrogen (secondary N) is 1. The van der Waals surface area contributed by atoms with Gasteiger partial charge >= 0.3 is 0 Å². The van der Waals surface area contributed by atoms with Gasteiger partial charge in [0.25, 0.3) is 0 Å². The third-order valence-corrected chi connectivity index (χ3v) is 7.84. The summed E-state index contributed by atoms with van der Waals surface area (Å²) in [7, 11) is 1.70. The van der Waals surface area contributed by atoms with Gasteiger partial charge < -0.3 is 15.2 Å². The number of hydrogen-bond acceptors (Lipinski definition) is 6. The molecule has 5 rings (SSSR count). The van der Waals surface area contributed by atoms with Crippen LogP contribution in [0.5, 0.6) is 0 Å². The molecule has 2 fully saturated rings. The van der Waals surface area contributed by atoms with Crippen LogP contribution in [0.25, 0.3) is 16.6 Å². The molecule has 188 valence electrons. The maximum atomic E-state index is 10.1. The summed E-state index contributed by atoms with van der Waals surface area (Å²) in [6.07, 6.45) is 8.02. The summed E-state index contributed by atoms with van der Waals surface area (Å²) < 4.78 is 7.34. The molecule has 1 aliphatic carbocycles. The number of hydrogen-bond donors (Lipinski definition) is 2. The second-order valence-corrected chi connectivity index (χ2v) is 10.4. The Hall–Kier alpha value is -2.48. The number of methoxy groups -OCH3 is 1. The summed E-state index contributed by atoms with van der Waals surface area (Å²) in [6, 6.07) is 11.9. The zero-order valence-electron chi connectivity index (χ0n) is 21.3. The molecule has 1 saturated carbocycles. The molecule has 2 aliphatic rings. The minimum Gasteiger partial charge on any atom is -0.393 e. The maximum Gasteiger partial charge on any atom is 0.241 e.